The minimum absolute atomic E-state index is 0.472. The molecule has 0 aromatic rings. The molecule has 0 saturated heterocycles. The van der Waals surface area contributed by atoms with Gasteiger partial charge in [0, 0.05) is 8.07 Å². The Morgan fingerprint density at radius 1 is 1.27 bits per heavy atom. The van der Waals surface area contributed by atoms with E-state index in [0.717, 1.165) is 6.04 Å². The zero-order valence-corrected chi connectivity index (χ0v) is 11.5. The van der Waals surface area contributed by atoms with E-state index in [9.17, 15) is 0 Å². The summed E-state index contributed by atoms with van der Waals surface area (Å²) in [5.41, 5.74) is 14.2. The molecule has 0 bridgehead atoms. The van der Waals surface area contributed by atoms with E-state index >= 15 is 0 Å². The van der Waals surface area contributed by atoms with Crippen LogP contribution in [0, 0.1) is 0 Å². The molecule has 0 aliphatic carbocycles. The van der Waals surface area contributed by atoms with Crippen LogP contribution in [0.15, 0.2) is 0 Å². The Bertz CT molecular complexity index is 74.6. The molecule has 0 amide bonds. The van der Waals surface area contributed by atoms with Crippen LogP contribution >= 0.6 is 18.8 Å². The van der Waals surface area contributed by atoms with E-state index in [1.807, 2.05) is 0 Å². The summed E-state index contributed by atoms with van der Waals surface area (Å²) in [6, 6.07) is 1.08. The van der Waals surface area contributed by atoms with Crippen molar-refractivity contribution in [1.82, 2.24) is 0 Å². The molecule has 0 radical (unpaired) electrons. The van der Waals surface area contributed by atoms with Crippen LogP contribution in [0.1, 0.15) is 6.92 Å². The fourth-order valence-electron chi connectivity index (χ4n) is 0.312. The predicted molar refractivity (Wildman–Crippen MR) is 52.2 cm³/mol. The van der Waals surface area contributed by atoms with E-state index < -0.39 is 24.6 Å². The van der Waals surface area contributed by atoms with Crippen LogP contribution in [0.25, 0.3) is 11.5 Å². The molecule has 0 rings (SSSR count). The van der Waals surface area contributed by atoms with Crippen LogP contribution < -0.4 is 0 Å². The summed E-state index contributed by atoms with van der Waals surface area (Å²) in [6.45, 7) is 4.21. The zero-order chi connectivity index (χ0) is 9.33. The van der Waals surface area contributed by atoms with Gasteiger partial charge in [-0.15, -0.1) is 0 Å². The van der Waals surface area contributed by atoms with E-state index in [0.29, 0.717) is 12.3 Å². The monoisotopic (exact) mass is 395 g/mol. The molecule has 0 unspecified atom stereocenters. The number of hydrogen-bond acceptors (Lipinski definition) is 0. The van der Waals surface area contributed by atoms with Crippen molar-refractivity contribution in [3.8, 4) is 0 Å². The first-order valence-corrected chi connectivity index (χ1v) is 12.0. The molecule has 2 nitrogen and oxygen atoms in total. The summed E-state index contributed by atoms with van der Waals surface area (Å²) in [4.78, 5) is 0. The Morgan fingerprint density at radius 2 is 1.55 bits per heavy atom. The van der Waals surface area contributed by atoms with Gasteiger partial charge in [-0.25, -0.2) is 0 Å². The average molecular weight is 396 g/mol. The standard InChI is InChI=1S/C5H14N2Si.2ClH.Pt/c1-3-8(2,4-6)5-7;;;/h6-7H,3-5H2,1-2H3;2*1H;/q-2;;;+4/p-2. The molecule has 0 atom stereocenters. The third-order valence-corrected chi connectivity index (χ3v) is 5.12. The number of halogens is 2. The first kappa shape index (κ1) is 14.9. The molecule has 2 N–H and O–H groups in total. The molecule has 0 aromatic heterocycles. The second-order valence-corrected chi connectivity index (χ2v) is 10.9. The van der Waals surface area contributed by atoms with Gasteiger partial charge in [-0.2, -0.15) is 12.3 Å². The summed E-state index contributed by atoms with van der Waals surface area (Å²) in [5, 5.41) is 0. The fourth-order valence-corrected chi connectivity index (χ4v) is 0.937. The molecule has 0 fully saturated rings. The van der Waals surface area contributed by atoms with E-state index in [2.05, 4.69) is 13.5 Å². The SMILES string of the molecule is CC[Si](C)(C[NH-])C[NH-].[Cl][Pt+2][Cl]. The van der Waals surface area contributed by atoms with Crippen LogP contribution in [-0.4, -0.2) is 20.4 Å². The summed E-state index contributed by atoms with van der Waals surface area (Å²) >= 11 is -0.472. The Balaban J connectivity index is 0. The van der Waals surface area contributed by atoms with Crippen LogP contribution in [0.3, 0.4) is 0 Å². The third-order valence-electron chi connectivity index (χ3n) is 1.71. The van der Waals surface area contributed by atoms with Crippen molar-refractivity contribution in [1.29, 1.82) is 0 Å². The van der Waals surface area contributed by atoms with Gasteiger partial charge < -0.3 is 11.5 Å². The second-order valence-electron chi connectivity index (χ2n) is 2.56. The van der Waals surface area contributed by atoms with Gasteiger partial charge >= 0.3 is 35.3 Å². The van der Waals surface area contributed by atoms with Crippen LogP contribution in [0.4, 0.5) is 0 Å². The Labute approximate surface area is 86.4 Å². The van der Waals surface area contributed by atoms with Gasteiger partial charge in [-0.05, 0) is 0 Å². The van der Waals surface area contributed by atoms with Crippen molar-refractivity contribution in [3.63, 3.8) is 0 Å². The molecular formula is C5H14Cl2N2PtSi. The van der Waals surface area contributed by atoms with Crippen LogP contribution in [0.5, 0.6) is 0 Å². The van der Waals surface area contributed by atoms with Gasteiger partial charge in [-0.1, -0.05) is 19.5 Å². The Morgan fingerprint density at radius 3 is 1.55 bits per heavy atom. The molecule has 72 valence electrons. The topological polar surface area (TPSA) is 47.6 Å². The summed E-state index contributed by atoms with van der Waals surface area (Å²) in [7, 11) is 8.41. The van der Waals surface area contributed by atoms with E-state index in [-0.39, 0.29) is 0 Å². The van der Waals surface area contributed by atoms with Crippen molar-refractivity contribution in [2.45, 2.75) is 19.5 Å². The van der Waals surface area contributed by atoms with E-state index in [1.165, 1.54) is 0 Å². The van der Waals surface area contributed by atoms with Gasteiger partial charge in [0.25, 0.3) is 0 Å². The molecule has 0 saturated carbocycles. The molecule has 0 heterocycles. The van der Waals surface area contributed by atoms with Crippen molar-refractivity contribution in [3.05, 3.63) is 11.5 Å². The molecule has 0 spiro atoms. The number of hydrogen-bond donors (Lipinski definition) is 0. The van der Waals surface area contributed by atoms with Crippen molar-refractivity contribution < 1.29 is 16.5 Å². The quantitative estimate of drug-likeness (QED) is 0.655. The van der Waals surface area contributed by atoms with E-state index in [1.54, 1.807) is 0 Å². The average Bonchev–Trinajstić information content (AvgIpc) is 2.05. The minimum atomic E-state index is -1.34. The number of rotatable bonds is 3. The molecule has 0 aromatic carbocycles. The number of nitrogens with one attached hydrogen (secondary N) is 2. The molecule has 6 heteroatoms. The molecule has 0 aliphatic heterocycles. The van der Waals surface area contributed by atoms with Gasteiger partial charge in [0.05, 0.1) is 0 Å². The van der Waals surface area contributed by atoms with Crippen LogP contribution in [0.2, 0.25) is 12.6 Å². The van der Waals surface area contributed by atoms with Crippen molar-refractivity contribution in [2.75, 3.05) is 12.3 Å². The maximum atomic E-state index is 7.10. The van der Waals surface area contributed by atoms with Gasteiger partial charge in [0.15, 0.2) is 0 Å². The summed E-state index contributed by atoms with van der Waals surface area (Å²) < 4.78 is 0. The summed E-state index contributed by atoms with van der Waals surface area (Å²) in [6.07, 6.45) is 1.04. The van der Waals surface area contributed by atoms with Crippen molar-refractivity contribution in [2.24, 2.45) is 0 Å². The molecular weight excluding hydrogens is 382 g/mol. The van der Waals surface area contributed by atoms with Gasteiger partial charge in [0.1, 0.15) is 0 Å². The zero-order valence-electron chi connectivity index (χ0n) is 6.69. The molecule has 0 aliphatic rings. The summed E-state index contributed by atoms with van der Waals surface area (Å²) in [5.74, 6) is 0. The molecule has 11 heavy (non-hydrogen) atoms. The Kier molecular flexibility index (Phi) is 12.9. The maximum absolute atomic E-state index is 7.10. The first-order chi connectivity index (χ1) is 5.10. The predicted octanol–water partition coefficient (Wildman–Crippen LogP) is 3.64. The van der Waals surface area contributed by atoms with Crippen molar-refractivity contribution >= 4 is 26.9 Å². The van der Waals surface area contributed by atoms with Crippen LogP contribution in [-0.2, 0) is 16.5 Å². The van der Waals surface area contributed by atoms with Gasteiger partial charge in [-0.3, -0.25) is 0 Å². The normalized spacial score (nSPS) is 10.7. The third kappa shape index (κ3) is 9.32. The van der Waals surface area contributed by atoms with Gasteiger partial charge in [0.2, 0.25) is 0 Å². The second kappa shape index (κ2) is 9.49. The first-order valence-electron chi connectivity index (χ1n) is 3.21. The Hall–Kier alpha value is 1.41. The van der Waals surface area contributed by atoms with E-state index in [4.69, 9.17) is 30.3 Å². The fraction of sp³-hybridized carbons (Fsp3) is 1.00.